The van der Waals surface area contributed by atoms with Crippen molar-refractivity contribution in [2.24, 2.45) is 0 Å². The third kappa shape index (κ3) is 3.06. The van der Waals surface area contributed by atoms with Gasteiger partial charge in [-0.05, 0) is 24.9 Å². The van der Waals surface area contributed by atoms with Crippen LogP contribution in [0.25, 0.3) is 0 Å². The van der Waals surface area contributed by atoms with Crippen LogP contribution in [0.1, 0.15) is 23.7 Å². The van der Waals surface area contributed by atoms with Crippen LogP contribution in [0.5, 0.6) is 0 Å². The predicted octanol–water partition coefficient (Wildman–Crippen LogP) is 3.54. The van der Waals surface area contributed by atoms with Crippen molar-refractivity contribution in [3.63, 3.8) is 0 Å². The quantitative estimate of drug-likeness (QED) is 0.366. The summed E-state index contributed by atoms with van der Waals surface area (Å²) in [6.07, 6.45) is 1.13. The molecule has 1 aromatic rings. The molecule has 0 amide bonds. The van der Waals surface area contributed by atoms with E-state index in [0.29, 0.717) is 11.1 Å². The van der Waals surface area contributed by atoms with Gasteiger partial charge in [-0.3, -0.25) is 9.59 Å². The molecule has 1 aliphatic rings. The minimum absolute atomic E-state index is 0.138. The lowest BCUT2D eigenvalue weighted by Gasteiger charge is -2.16. The summed E-state index contributed by atoms with van der Waals surface area (Å²) in [5.74, 6) is 1.68. The Morgan fingerprint density at radius 3 is 2.22 bits per heavy atom. The summed E-state index contributed by atoms with van der Waals surface area (Å²) in [5.41, 5.74) is 0.942. The van der Waals surface area contributed by atoms with Crippen LogP contribution >= 0.6 is 23.5 Å². The van der Waals surface area contributed by atoms with Gasteiger partial charge in [-0.1, -0.05) is 30.3 Å². The lowest BCUT2D eigenvalue weighted by Crippen LogP contribution is -2.13. The van der Waals surface area contributed by atoms with Crippen molar-refractivity contribution in [3.8, 4) is 0 Å². The van der Waals surface area contributed by atoms with Crippen LogP contribution < -0.4 is 0 Å². The molecule has 0 N–H and O–H groups in total. The fourth-order valence-electron chi connectivity index (χ4n) is 1.70. The summed E-state index contributed by atoms with van der Waals surface area (Å²) < 4.78 is 0.891. The van der Waals surface area contributed by atoms with Crippen LogP contribution in [0.4, 0.5) is 0 Å². The Hall–Kier alpha value is -1.000. The first kappa shape index (κ1) is 13.4. The van der Waals surface area contributed by atoms with Crippen LogP contribution in [0.15, 0.2) is 40.1 Å². The molecule has 18 heavy (non-hydrogen) atoms. The SMILES string of the molecule is CC(=O)C(C(=O)c1ccccc1)=C1SCCCS1. The smallest absolute Gasteiger partial charge is 0.198 e. The largest absolute Gasteiger partial charge is 0.294 e. The molecular weight excluding hydrogens is 264 g/mol. The van der Waals surface area contributed by atoms with Crippen molar-refractivity contribution < 1.29 is 9.59 Å². The van der Waals surface area contributed by atoms with Crippen LogP contribution in [-0.2, 0) is 4.79 Å². The Morgan fingerprint density at radius 1 is 1.06 bits per heavy atom. The normalized spacial score (nSPS) is 15.3. The Balaban J connectivity index is 2.37. The molecule has 2 rings (SSSR count). The predicted molar refractivity (Wildman–Crippen MR) is 78.0 cm³/mol. The molecule has 0 radical (unpaired) electrons. The third-order valence-electron chi connectivity index (χ3n) is 2.57. The highest BCUT2D eigenvalue weighted by molar-refractivity contribution is 8.22. The molecule has 0 atom stereocenters. The van der Waals surface area contributed by atoms with Gasteiger partial charge in [0.2, 0.25) is 0 Å². The molecule has 1 fully saturated rings. The van der Waals surface area contributed by atoms with E-state index in [1.807, 2.05) is 18.2 Å². The summed E-state index contributed by atoms with van der Waals surface area (Å²) >= 11 is 3.25. The topological polar surface area (TPSA) is 34.1 Å². The molecule has 1 aromatic carbocycles. The lowest BCUT2D eigenvalue weighted by atomic mass is 10.0. The van der Waals surface area contributed by atoms with Crippen LogP contribution in [0.2, 0.25) is 0 Å². The molecule has 0 aliphatic carbocycles. The molecule has 1 saturated heterocycles. The second-order valence-corrected chi connectivity index (χ2v) is 6.43. The van der Waals surface area contributed by atoms with E-state index in [0.717, 1.165) is 22.2 Å². The minimum atomic E-state index is -0.153. The molecule has 0 spiro atoms. The number of hydrogen-bond donors (Lipinski definition) is 0. The first-order valence-corrected chi connectivity index (χ1v) is 7.78. The van der Waals surface area contributed by atoms with Gasteiger partial charge in [0.05, 0.1) is 9.81 Å². The van der Waals surface area contributed by atoms with Crippen LogP contribution in [0, 0.1) is 0 Å². The van der Waals surface area contributed by atoms with Crippen molar-refractivity contribution >= 4 is 35.1 Å². The maximum Gasteiger partial charge on any atom is 0.198 e. The maximum atomic E-state index is 12.4. The Kier molecular flexibility index (Phi) is 4.66. The number of carbonyl (C=O) groups is 2. The summed E-state index contributed by atoms with van der Waals surface area (Å²) in [4.78, 5) is 24.1. The Labute approximate surface area is 115 Å². The zero-order chi connectivity index (χ0) is 13.0. The highest BCUT2D eigenvalue weighted by Gasteiger charge is 2.23. The van der Waals surface area contributed by atoms with Gasteiger partial charge in [0.25, 0.3) is 0 Å². The zero-order valence-electron chi connectivity index (χ0n) is 10.1. The molecular formula is C14H14O2S2. The van der Waals surface area contributed by atoms with Crippen LogP contribution in [-0.4, -0.2) is 23.1 Å². The molecule has 2 nitrogen and oxygen atoms in total. The summed E-state index contributed by atoms with van der Waals surface area (Å²) in [6.45, 7) is 1.47. The summed E-state index contributed by atoms with van der Waals surface area (Å²) in [5, 5.41) is 0. The van der Waals surface area contributed by atoms with Gasteiger partial charge in [0.15, 0.2) is 11.6 Å². The minimum Gasteiger partial charge on any atom is -0.294 e. The van der Waals surface area contributed by atoms with Gasteiger partial charge in [0.1, 0.15) is 0 Å². The van der Waals surface area contributed by atoms with Crippen LogP contribution in [0.3, 0.4) is 0 Å². The van der Waals surface area contributed by atoms with E-state index in [1.165, 1.54) is 6.92 Å². The number of thioether (sulfide) groups is 2. The van der Waals surface area contributed by atoms with Gasteiger partial charge >= 0.3 is 0 Å². The Morgan fingerprint density at radius 2 is 1.67 bits per heavy atom. The lowest BCUT2D eigenvalue weighted by molar-refractivity contribution is -0.113. The third-order valence-corrected chi connectivity index (χ3v) is 5.20. The fourth-order valence-corrected chi connectivity index (χ4v) is 4.43. The van der Waals surface area contributed by atoms with Gasteiger partial charge < -0.3 is 0 Å². The monoisotopic (exact) mass is 278 g/mol. The average Bonchev–Trinajstić information content (AvgIpc) is 2.40. The van der Waals surface area contributed by atoms with Crippen molar-refractivity contribution in [2.75, 3.05) is 11.5 Å². The number of benzene rings is 1. The molecule has 4 heteroatoms. The first-order chi connectivity index (χ1) is 8.70. The second kappa shape index (κ2) is 6.25. The second-order valence-electron chi connectivity index (χ2n) is 3.96. The highest BCUT2D eigenvalue weighted by atomic mass is 32.2. The van der Waals surface area contributed by atoms with Gasteiger partial charge in [-0.2, -0.15) is 0 Å². The maximum absolute atomic E-state index is 12.4. The number of ketones is 2. The molecule has 1 aliphatic heterocycles. The van der Waals surface area contributed by atoms with Crippen molar-refractivity contribution in [3.05, 3.63) is 45.7 Å². The molecule has 0 bridgehead atoms. The number of allylic oxidation sites excluding steroid dienone is 1. The highest BCUT2D eigenvalue weighted by Crippen LogP contribution is 2.38. The van der Waals surface area contributed by atoms with Crippen molar-refractivity contribution in [2.45, 2.75) is 13.3 Å². The van der Waals surface area contributed by atoms with E-state index >= 15 is 0 Å². The molecule has 94 valence electrons. The number of Topliss-reactive ketones (excluding diaryl/α,β-unsaturated/α-hetero) is 2. The number of rotatable bonds is 3. The molecule has 1 heterocycles. The Bertz CT molecular complexity index is 484. The number of carbonyl (C=O) groups excluding carboxylic acids is 2. The standard InChI is InChI=1S/C14H14O2S2/c1-10(15)12(14-17-8-5-9-18-14)13(16)11-6-3-2-4-7-11/h2-4,6-7H,5,8-9H2,1H3. The first-order valence-electron chi connectivity index (χ1n) is 5.80. The van der Waals surface area contributed by atoms with E-state index in [2.05, 4.69) is 0 Å². The van der Waals surface area contributed by atoms with Gasteiger partial charge in [0, 0.05) is 5.56 Å². The molecule has 0 unspecified atom stereocenters. The summed E-state index contributed by atoms with van der Waals surface area (Å²) in [6, 6.07) is 9.00. The average molecular weight is 278 g/mol. The number of hydrogen-bond acceptors (Lipinski definition) is 4. The van der Waals surface area contributed by atoms with Crippen molar-refractivity contribution in [1.82, 2.24) is 0 Å². The molecule has 0 aromatic heterocycles. The van der Waals surface area contributed by atoms with E-state index in [-0.39, 0.29) is 11.6 Å². The van der Waals surface area contributed by atoms with Gasteiger partial charge in [-0.15, -0.1) is 23.5 Å². The van der Waals surface area contributed by atoms with E-state index in [1.54, 1.807) is 35.7 Å². The fraction of sp³-hybridized carbons (Fsp3) is 0.286. The van der Waals surface area contributed by atoms with Gasteiger partial charge in [-0.25, -0.2) is 0 Å². The van der Waals surface area contributed by atoms with Crippen molar-refractivity contribution in [1.29, 1.82) is 0 Å². The van der Waals surface area contributed by atoms with E-state index < -0.39 is 0 Å². The van der Waals surface area contributed by atoms with E-state index in [4.69, 9.17) is 0 Å². The summed E-state index contributed by atoms with van der Waals surface area (Å²) in [7, 11) is 0. The van der Waals surface area contributed by atoms with E-state index in [9.17, 15) is 9.59 Å². The molecule has 0 saturated carbocycles. The zero-order valence-corrected chi connectivity index (χ0v) is 11.8.